The van der Waals surface area contributed by atoms with E-state index in [2.05, 4.69) is 10.3 Å². The van der Waals surface area contributed by atoms with E-state index in [1.54, 1.807) is 0 Å². The molecule has 52 valence electrons. The predicted molar refractivity (Wildman–Crippen MR) is 41.4 cm³/mol. The van der Waals surface area contributed by atoms with Crippen LogP contribution in [-0.4, -0.2) is 11.5 Å². The van der Waals surface area contributed by atoms with Crippen LogP contribution in [-0.2, 0) is 0 Å². The largest absolute Gasteiger partial charge is 0.397 e. The van der Waals surface area contributed by atoms with Gasteiger partial charge in [-0.15, -0.1) is 0 Å². The fourth-order valence-corrected chi connectivity index (χ4v) is 1.13. The number of anilines is 1. The van der Waals surface area contributed by atoms with Crippen LogP contribution in [0, 0.1) is 0 Å². The Labute approximate surface area is 58.9 Å². The van der Waals surface area contributed by atoms with E-state index in [-0.39, 0.29) is 0 Å². The molecule has 1 aromatic heterocycles. The Kier molecular flexibility index (Phi) is 0.974. The Morgan fingerprint density at radius 1 is 1.50 bits per heavy atom. The minimum atomic E-state index is 0.830. The van der Waals surface area contributed by atoms with Crippen molar-refractivity contribution >= 4 is 11.4 Å². The Balaban J connectivity index is 2.55. The maximum atomic E-state index is 5.68. The van der Waals surface area contributed by atoms with Crippen molar-refractivity contribution in [2.75, 3.05) is 11.9 Å². The van der Waals surface area contributed by atoms with Crippen molar-refractivity contribution < 1.29 is 0 Å². The van der Waals surface area contributed by atoms with Gasteiger partial charge in [0.15, 0.2) is 0 Å². The van der Waals surface area contributed by atoms with E-state index in [1.807, 2.05) is 18.3 Å². The smallest absolute Gasteiger partial charge is 0.0846 e. The minimum Gasteiger partial charge on any atom is -0.397 e. The van der Waals surface area contributed by atoms with Crippen LogP contribution in [0.25, 0.3) is 5.70 Å². The molecule has 1 aliphatic heterocycles. The second kappa shape index (κ2) is 1.80. The molecule has 0 unspecified atom stereocenters. The number of hydrogen-bond donors (Lipinski definition) is 3. The lowest BCUT2D eigenvalue weighted by atomic mass is 10.2. The highest BCUT2D eigenvalue weighted by Crippen LogP contribution is 2.21. The van der Waals surface area contributed by atoms with Gasteiger partial charge in [-0.1, -0.05) is 0 Å². The van der Waals surface area contributed by atoms with Crippen molar-refractivity contribution in [3.8, 4) is 0 Å². The van der Waals surface area contributed by atoms with E-state index in [1.165, 1.54) is 0 Å². The van der Waals surface area contributed by atoms with E-state index in [4.69, 9.17) is 5.73 Å². The highest BCUT2D eigenvalue weighted by Gasteiger charge is 2.08. The summed E-state index contributed by atoms with van der Waals surface area (Å²) in [6, 6.07) is 1.98. The molecule has 0 bridgehead atoms. The quantitative estimate of drug-likeness (QED) is 0.491. The van der Waals surface area contributed by atoms with Crippen molar-refractivity contribution in [2.45, 2.75) is 0 Å². The topological polar surface area (TPSA) is 53.8 Å². The highest BCUT2D eigenvalue weighted by molar-refractivity contribution is 5.74. The maximum absolute atomic E-state index is 5.68. The third kappa shape index (κ3) is 0.603. The summed E-state index contributed by atoms with van der Waals surface area (Å²) in [7, 11) is 0. The Bertz CT molecular complexity index is 272. The van der Waals surface area contributed by atoms with E-state index >= 15 is 0 Å². The van der Waals surface area contributed by atoms with Crippen molar-refractivity contribution in [1.82, 2.24) is 4.98 Å². The van der Waals surface area contributed by atoms with E-state index in [9.17, 15) is 0 Å². The SMILES string of the molecule is NC1=CCNc2cc[nH]c21. The first-order valence-electron chi connectivity index (χ1n) is 3.25. The van der Waals surface area contributed by atoms with Crippen LogP contribution in [0.5, 0.6) is 0 Å². The molecule has 0 fully saturated rings. The Morgan fingerprint density at radius 2 is 2.40 bits per heavy atom. The number of nitrogens with two attached hydrogens (primary N) is 1. The first-order chi connectivity index (χ1) is 4.88. The van der Waals surface area contributed by atoms with Gasteiger partial charge in [-0.05, 0) is 12.1 Å². The van der Waals surface area contributed by atoms with Gasteiger partial charge in [0.05, 0.1) is 17.1 Å². The normalized spacial score (nSPS) is 15.4. The third-order valence-electron chi connectivity index (χ3n) is 1.65. The zero-order chi connectivity index (χ0) is 6.97. The third-order valence-corrected chi connectivity index (χ3v) is 1.65. The minimum absolute atomic E-state index is 0.830. The molecule has 0 saturated carbocycles. The summed E-state index contributed by atoms with van der Waals surface area (Å²) < 4.78 is 0. The highest BCUT2D eigenvalue weighted by atomic mass is 14.9. The number of aromatic nitrogens is 1. The monoisotopic (exact) mass is 135 g/mol. The average Bonchev–Trinajstić information content (AvgIpc) is 2.36. The van der Waals surface area contributed by atoms with E-state index in [0.717, 1.165) is 23.6 Å². The summed E-state index contributed by atoms with van der Waals surface area (Å²) in [4.78, 5) is 3.05. The number of fused-ring (bicyclic) bond motifs is 1. The number of nitrogens with one attached hydrogen (secondary N) is 2. The first-order valence-corrected chi connectivity index (χ1v) is 3.25. The summed E-state index contributed by atoms with van der Waals surface area (Å²) in [5.41, 5.74) is 8.62. The van der Waals surface area contributed by atoms with Gasteiger partial charge >= 0.3 is 0 Å². The van der Waals surface area contributed by atoms with Crippen LogP contribution in [0.1, 0.15) is 5.69 Å². The molecule has 0 saturated heterocycles. The lowest BCUT2D eigenvalue weighted by Gasteiger charge is -2.11. The molecule has 1 aromatic rings. The summed E-state index contributed by atoms with van der Waals surface area (Å²) in [6.07, 6.45) is 3.84. The average molecular weight is 135 g/mol. The molecule has 10 heavy (non-hydrogen) atoms. The van der Waals surface area contributed by atoms with Gasteiger partial charge in [0.1, 0.15) is 0 Å². The molecule has 3 nitrogen and oxygen atoms in total. The van der Waals surface area contributed by atoms with Gasteiger partial charge < -0.3 is 16.0 Å². The number of aromatic amines is 1. The molecule has 0 radical (unpaired) electrons. The molecule has 3 heteroatoms. The molecule has 0 amide bonds. The van der Waals surface area contributed by atoms with Crippen LogP contribution in [0.3, 0.4) is 0 Å². The summed E-state index contributed by atoms with van der Waals surface area (Å²) in [5, 5.41) is 3.19. The van der Waals surface area contributed by atoms with E-state index < -0.39 is 0 Å². The van der Waals surface area contributed by atoms with Crippen LogP contribution in [0.2, 0.25) is 0 Å². The van der Waals surface area contributed by atoms with Crippen molar-refractivity contribution in [3.05, 3.63) is 24.0 Å². The van der Waals surface area contributed by atoms with Gasteiger partial charge in [-0.2, -0.15) is 0 Å². The van der Waals surface area contributed by atoms with Gasteiger partial charge in [-0.25, -0.2) is 0 Å². The zero-order valence-electron chi connectivity index (χ0n) is 5.52. The Morgan fingerprint density at radius 3 is 3.20 bits per heavy atom. The van der Waals surface area contributed by atoms with Gasteiger partial charge in [-0.3, -0.25) is 0 Å². The summed E-state index contributed by atoms with van der Waals surface area (Å²) in [6.45, 7) is 0.830. The molecule has 0 aromatic carbocycles. The van der Waals surface area contributed by atoms with Crippen LogP contribution >= 0.6 is 0 Å². The Hall–Kier alpha value is -1.38. The fraction of sp³-hybridized carbons (Fsp3) is 0.143. The van der Waals surface area contributed by atoms with Gasteiger partial charge in [0.25, 0.3) is 0 Å². The van der Waals surface area contributed by atoms with Crippen molar-refractivity contribution in [2.24, 2.45) is 5.73 Å². The van der Waals surface area contributed by atoms with Crippen LogP contribution in [0.15, 0.2) is 18.3 Å². The van der Waals surface area contributed by atoms with Crippen molar-refractivity contribution in [3.63, 3.8) is 0 Å². The molecule has 0 aliphatic carbocycles. The molecule has 0 atom stereocenters. The molecular formula is C7H9N3. The summed E-state index contributed by atoms with van der Waals surface area (Å²) in [5.74, 6) is 0. The number of hydrogen-bond acceptors (Lipinski definition) is 2. The van der Waals surface area contributed by atoms with Crippen LogP contribution in [0.4, 0.5) is 5.69 Å². The molecular weight excluding hydrogens is 126 g/mol. The second-order valence-electron chi connectivity index (χ2n) is 2.31. The standard InChI is InChI=1S/C7H9N3/c8-5-1-3-9-6-2-4-10-7(5)6/h1-2,4,9-10H,3,8H2. The molecule has 2 heterocycles. The van der Waals surface area contributed by atoms with Gasteiger partial charge in [0, 0.05) is 12.7 Å². The molecule has 0 spiro atoms. The van der Waals surface area contributed by atoms with Gasteiger partial charge in [0.2, 0.25) is 0 Å². The fourth-order valence-electron chi connectivity index (χ4n) is 1.13. The maximum Gasteiger partial charge on any atom is 0.0846 e. The first kappa shape index (κ1) is 5.41. The lowest BCUT2D eigenvalue weighted by molar-refractivity contribution is 1.23. The summed E-state index contributed by atoms with van der Waals surface area (Å²) >= 11 is 0. The predicted octanol–water partition coefficient (Wildman–Crippen LogP) is 0.740. The van der Waals surface area contributed by atoms with Crippen LogP contribution < -0.4 is 11.1 Å². The van der Waals surface area contributed by atoms with E-state index in [0.29, 0.717) is 0 Å². The molecule has 1 aliphatic rings. The molecule has 2 rings (SSSR count). The zero-order valence-corrected chi connectivity index (χ0v) is 5.52. The number of rotatable bonds is 0. The lowest BCUT2D eigenvalue weighted by Crippen LogP contribution is -2.10. The second-order valence-corrected chi connectivity index (χ2v) is 2.31. The molecule has 4 N–H and O–H groups in total. The number of H-pyrrole nitrogens is 1. The van der Waals surface area contributed by atoms with Crippen molar-refractivity contribution in [1.29, 1.82) is 0 Å².